The van der Waals surface area contributed by atoms with E-state index in [4.69, 9.17) is 0 Å². The molecule has 0 aromatic heterocycles. The molecule has 1 atom stereocenters. The molecule has 0 heteroatoms. The minimum absolute atomic E-state index is 0.878. The first-order chi connectivity index (χ1) is 6.88. The van der Waals surface area contributed by atoms with Crippen LogP contribution in [-0.2, 0) is 0 Å². The molecule has 14 heavy (non-hydrogen) atoms. The molecule has 1 saturated carbocycles. The first kappa shape index (κ1) is 11.6. The fraction of sp³-hybridized carbons (Fsp3) is 0.714. The van der Waals surface area contributed by atoms with E-state index in [1.165, 1.54) is 44.9 Å². The van der Waals surface area contributed by atoms with E-state index in [-0.39, 0.29) is 0 Å². The van der Waals surface area contributed by atoms with Crippen LogP contribution in [0.4, 0.5) is 0 Å². The van der Waals surface area contributed by atoms with E-state index in [9.17, 15) is 0 Å². The smallest absolute Gasteiger partial charge is 0.0169 e. The summed E-state index contributed by atoms with van der Waals surface area (Å²) in [4.78, 5) is 0. The molecule has 0 aromatic carbocycles. The third-order valence-electron chi connectivity index (χ3n) is 3.16. The van der Waals surface area contributed by atoms with E-state index in [0.717, 1.165) is 5.92 Å². The Morgan fingerprint density at radius 1 is 1.43 bits per heavy atom. The zero-order chi connectivity index (χ0) is 10.2. The standard InChI is InChI=1S/C14H24/c1-3-5-7-10-14-12-8-11-13(14)9-6-4-2/h4,6,10,13H,3,5,7-9,11-12H2,1-2H3/b6-4+,14-10+. The Morgan fingerprint density at radius 2 is 2.29 bits per heavy atom. The van der Waals surface area contributed by atoms with Gasteiger partial charge in [0.15, 0.2) is 0 Å². The molecule has 0 bridgehead atoms. The molecule has 0 aromatic rings. The van der Waals surface area contributed by atoms with Gasteiger partial charge >= 0.3 is 0 Å². The lowest BCUT2D eigenvalue weighted by atomic mass is 9.97. The minimum atomic E-state index is 0.878. The van der Waals surface area contributed by atoms with Crippen LogP contribution in [0.2, 0.25) is 0 Å². The van der Waals surface area contributed by atoms with Crippen molar-refractivity contribution < 1.29 is 0 Å². The molecule has 1 unspecified atom stereocenters. The van der Waals surface area contributed by atoms with Crippen molar-refractivity contribution in [3.05, 3.63) is 23.8 Å². The molecular weight excluding hydrogens is 168 g/mol. The summed E-state index contributed by atoms with van der Waals surface area (Å²) in [5, 5.41) is 0. The second-order valence-corrected chi connectivity index (χ2v) is 4.32. The molecule has 0 radical (unpaired) electrons. The summed E-state index contributed by atoms with van der Waals surface area (Å²) >= 11 is 0. The van der Waals surface area contributed by atoms with Crippen LogP contribution >= 0.6 is 0 Å². The predicted molar refractivity (Wildman–Crippen MR) is 64.4 cm³/mol. The Kier molecular flexibility index (Phi) is 5.66. The monoisotopic (exact) mass is 192 g/mol. The minimum Gasteiger partial charge on any atom is -0.0916 e. The van der Waals surface area contributed by atoms with E-state index < -0.39 is 0 Å². The van der Waals surface area contributed by atoms with Crippen molar-refractivity contribution in [2.45, 2.75) is 58.8 Å². The van der Waals surface area contributed by atoms with Crippen LogP contribution in [0.25, 0.3) is 0 Å². The normalized spacial score (nSPS) is 25.3. The molecule has 1 aliphatic rings. The Bertz CT molecular complexity index is 198. The lowest BCUT2D eigenvalue weighted by Crippen LogP contribution is -1.94. The number of unbranched alkanes of at least 4 members (excludes halogenated alkanes) is 2. The fourth-order valence-corrected chi connectivity index (χ4v) is 2.27. The van der Waals surface area contributed by atoms with Gasteiger partial charge in [0.2, 0.25) is 0 Å². The average molecular weight is 192 g/mol. The van der Waals surface area contributed by atoms with Crippen LogP contribution in [0.15, 0.2) is 23.8 Å². The quantitative estimate of drug-likeness (QED) is 0.430. The maximum Gasteiger partial charge on any atom is -0.0169 e. The fourth-order valence-electron chi connectivity index (χ4n) is 2.27. The number of rotatable bonds is 5. The van der Waals surface area contributed by atoms with Gasteiger partial charge in [0.1, 0.15) is 0 Å². The van der Waals surface area contributed by atoms with Crippen molar-refractivity contribution in [1.82, 2.24) is 0 Å². The molecule has 0 nitrogen and oxygen atoms in total. The van der Waals surface area contributed by atoms with Crippen LogP contribution in [0.3, 0.4) is 0 Å². The number of hydrogen-bond donors (Lipinski definition) is 0. The van der Waals surface area contributed by atoms with Crippen molar-refractivity contribution in [2.24, 2.45) is 5.92 Å². The second kappa shape index (κ2) is 6.86. The topological polar surface area (TPSA) is 0 Å². The summed E-state index contributed by atoms with van der Waals surface area (Å²) in [6.45, 7) is 4.39. The van der Waals surface area contributed by atoms with E-state index >= 15 is 0 Å². The van der Waals surface area contributed by atoms with Crippen molar-refractivity contribution in [1.29, 1.82) is 0 Å². The van der Waals surface area contributed by atoms with Crippen LogP contribution in [0.1, 0.15) is 58.8 Å². The highest BCUT2D eigenvalue weighted by Gasteiger charge is 2.18. The Balaban J connectivity index is 2.37. The van der Waals surface area contributed by atoms with Crippen molar-refractivity contribution >= 4 is 0 Å². The SMILES string of the molecule is C/C=C/CC1CCC/C1=C\CCCC. The third-order valence-corrected chi connectivity index (χ3v) is 3.16. The molecule has 1 rings (SSSR count). The Hall–Kier alpha value is -0.520. The van der Waals surface area contributed by atoms with Gasteiger partial charge < -0.3 is 0 Å². The van der Waals surface area contributed by atoms with Gasteiger partial charge in [0.25, 0.3) is 0 Å². The van der Waals surface area contributed by atoms with Gasteiger partial charge in [-0.3, -0.25) is 0 Å². The van der Waals surface area contributed by atoms with Crippen molar-refractivity contribution in [3.8, 4) is 0 Å². The summed E-state index contributed by atoms with van der Waals surface area (Å²) in [5.41, 5.74) is 1.75. The summed E-state index contributed by atoms with van der Waals surface area (Å²) < 4.78 is 0. The first-order valence-corrected chi connectivity index (χ1v) is 6.18. The van der Waals surface area contributed by atoms with E-state index in [1.54, 1.807) is 5.57 Å². The van der Waals surface area contributed by atoms with Crippen LogP contribution in [-0.4, -0.2) is 0 Å². The Labute approximate surface area is 89.1 Å². The lowest BCUT2D eigenvalue weighted by Gasteiger charge is -2.08. The van der Waals surface area contributed by atoms with E-state index in [0.29, 0.717) is 0 Å². The van der Waals surface area contributed by atoms with E-state index in [1.807, 2.05) is 0 Å². The highest BCUT2D eigenvalue weighted by molar-refractivity contribution is 5.12. The van der Waals surface area contributed by atoms with Crippen molar-refractivity contribution in [3.63, 3.8) is 0 Å². The molecule has 1 fully saturated rings. The van der Waals surface area contributed by atoms with Gasteiger partial charge in [-0.25, -0.2) is 0 Å². The zero-order valence-corrected chi connectivity index (χ0v) is 9.76. The molecule has 0 N–H and O–H groups in total. The highest BCUT2D eigenvalue weighted by Crippen LogP contribution is 2.34. The summed E-state index contributed by atoms with van der Waals surface area (Å²) in [6.07, 6.45) is 16.5. The Morgan fingerprint density at radius 3 is 3.00 bits per heavy atom. The van der Waals surface area contributed by atoms with Gasteiger partial charge in [-0.15, -0.1) is 0 Å². The molecule has 0 spiro atoms. The maximum atomic E-state index is 2.52. The van der Waals surface area contributed by atoms with E-state index in [2.05, 4.69) is 32.1 Å². The molecule has 0 aliphatic heterocycles. The second-order valence-electron chi connectivity index (χ2n) is 4.32. The zero-order valence-electron chi connectivity index (χ0n) is 9.76. The van der Waals surface area contributed by atoms with Gasteiger partial charge in [0.05, 0.1) is 0 Å². The summed E-state index contributed by atoms with van der Waals surface area (Å²) in [7, 11) is 0. The van der Waals surface area contributed by atoms with Gasteiger partial charge in [-0.2, -0.15) is 0 Å². The predicted octanol–water partition coefficient (Wildman–Crippen LogP) is 4.87. The molecule has 0 heterocycles. The molecular formula is C14H24. The third kappa shape index (κ3) is 3.69. The van der Waals surface area contributed by atoms with Crippen LogP contribution < -0.4 is 0 Å². The van der Waals surface area contributed by atoms with Gasteiger partial charge in [-0.05, 0) is 44.9 Å². The molecule has 1 aliphatic carbocycles. The first-order valence-electron chi connectivity index (χ1n) is 6.18. The van der Waals surface area contributed by atoms with Gasteiger partial charge in [-0.1, -0.05) is 43.6 Å². The summed E-state index contributed by atoms with van der Waals surface area (Å²) in [5.74, 6) is 0.878. The van der Waals surface area contributed by atoms with Gasteiger partial charge in [0, 0.05) is 0 Å². The van der Waals surface area contributed by atoms with Crippen LogP contribution in [0.5, 0.6) is 0 Å². The van der Waals surface area contributed by atoms with Crippen molar-refractivity contribution in [2.75, 3.05) is 0 Å². The molecule has 0 amide bonds. The molecule has 80 valence electrons. The number of allylic oxidation sites excluding steroid dienone is 4. The largest absolute Gasteiger partial charge is 0.0916 e. The molecule has 0 saturated heterocycles. The number of hydrogen-bond acceptors (Lipinski definition) is 0. The lowest BCUT2D eigenvalue weighted by molar-refractivity contribution is 0.633. The van der Waals surface area contributed by atoms with Crippen LogP contribution in [0, 0.1) is 5.92 Å². The maximum absolute atomic E-state index is 2.52. The summed E-state index contributed by atoms with van der Waals surface area (Å²) in [6, 6.07) is 0. The average Bonchev–Trinajstić information content (AvgIpc) is 2.63. The highest BCUT2D eigenvalue weighted by atomic mass is 14.2.